The summed E-state index contributed by atoms with van der Waals surface area (Å²) < 4.78 is 5.76. The van der Waals surface area contributed by atoms with E-state index in [0.717, 1.165) is 16.7 Å². The molecule has 0 saturated heterocycles. The van der Waals surface area contributed by atoms with Crippen LogP contribution in [0.3, 0.4) is 0 Å². The average molecular weight is 493 g/mol. The predicted octanol–water partition coefficient (Wildman–Crippen LogP) is 5.58. The lowest BCUT2D eigenvalue weighted by Crippen LogP contribution is -2.50. The zero-order chi connectivity index (χ0) is 25.0. The first-order chi connectivity index (χ1) is 17.0. The van der Waals surface area contributed by atoms with Crippen LogP contribution in [-0.4, -0.2) is 35.9 Å². The fraction of sp³-hybridized carbons (Fsp3) is 0.310. The summed E-state index contributed by atoms with van der Waals surface area (Å²) in [7, 11) is 0. The summed E-state index contributed by atoms with van der Waals surface area (Å²) in [5.41, 5.74) is 3.12. The molecule has 0 spiro atoms. The Balaban J connectivity index is 1.76. The number of nitrogens with one attached hydrogen (secondary N) is 1. The van der Waals surface area contributed by atoms with Crippen molar-refractivity contribution in [2.75, 3.05) is 13.2 Å². The van der Waals surface area contributed by atoms with Crippen LogP contribution in [0, 0.1) is 6.92 Å². The van der Waals surface area contributed by atoms with Crippen LogP contribution in [0.25, 0.3) is 0 Å². The molecule has 1 atom stereocenters. The van der Waals surface area contributed by atoms with Gasteiger partial charge in [0.2, 0.25) is 11.8 Å². The van der Waals surface area contributed by atoms with Crippen LogP contribution in [0.2, 0.25) is 5.02 Å². The van der Waals surface area contributed by atoms with E-state index in [1.165, 1.54) is 0 Å². The Labute approximate surface area is 213 Å². The molecule has 0 radical (unpaired) electrons. The molecule has 1 N–H and O–H groups in total. The average Bonchev–Trinajstić information content (AvgIpc) is 2.86. The number of ether oxygens (including phenoxy) is 1. The lowest BCUT2D eigenvalue weighted by atomic mass is 10.0. The number of benzene rings is 3. The van der Waals surface area contributed by atoms with Crippen molar-refractivity contribution >= 4 is 23.4 Å². The second kappa shape index (κ2) is 13.5. The molecule has 0 bridgehead atoms. The standard InChI is InChI=1S/C29H33ClN2O3/c1-3-31-29(34)27(20-23-10-5-4-6-11-23)32(21-24-12-7-9-22(2)19-24)28(33)13-8-18-35-26-16-14-25(30)15-17-26/h4-7,9-12,14-17,19,27H,3,8,13,18,20-21H2,1-2H3,(H,31,34)/t27-/m0/s1. The zero-order valence-electron chi connectivity index (χ0n) is 20.4. The fourth-order valence-electron chi connectivity index (χ4n) is 3.94. The minimum absolute atomic E-state index is 0.0709. The van der Waals surface area contributed by atoms with Gasteiger partial charge < -0.3 is 15.0 Å². The first-order valence-corrected chi connectivity index (χ1v) is 12.4. The Kier molecular flexibility index (Phi) is 10.2. The smallest absolute Gasteiger partial charge is 0.243 e. The monoisotopic (exact) mass is 492 g/mol. The SMILES string of the molecule is CCNC(=O)[C@H](Cc1ccccc1)N(Cc1cccc(C)c1)C(=O)CCCOc1ccc(Cl)cc1. The topological polar surface area (TPSA) is 58.6 Å². The van der Waals surface area contributed by atoms with E-state index in [9.17, 15) is 9.59 Å². The Morgan fingerprint density at radius 1 is 0.971 bits per heavy atom. The summed E-state index contributed by atoms with van der Waals surface area (Å²) in [6.07, 6.45) is 1.27. The highest BCUT2D eigenvalue weighted by Gasteiger charge is 2.29. The van der Waals surface area contributed by atoms with Gasteiger partial charge in [0.25, 0.3) is 0 Å². The van der Waals surface area contributed by atoms with Gasteiger partial charge in [0.05, 0.1) is 6.61 Å². The predicted molar refractivity (Wildman–Crippen MR) is 141 cm³/mol. The van der Waals surface area contributed by atoms with Crippen molar-refractivity contribution in [3.63, 3.8) is 0 Å². The number of hydrogen-bond donors (Lipinski definition) is 1. The molecule has 3 rings (SSSR count). The third-order valence-corrected chi connectivity index (χ3v) is 5.93. The third kappa shape index (κ3) is 8.45. The number of rotatable bonds is 12. The molecule has 3 aromatic carbocycles. The molecule has 0 aliphatic carbocycles. The molecule has 0 aliphatic rings. The lowest BCUT2D eigenvalue weighted by molar-refractivity contribution is -0.141. The number of amides is 2. The minimum Gasteiger partial charge on any atom is -0.494 e. The van der Waals surface area contributed by atoms with Crippen molar-refractivity contribution in [3.8, 4) is 5.75 Å². The number of halogens is 1. The maximum atomic E-state index is 13.5. The van der Waals surface area contributed by atoms with E-state index in [4.69, 9.17) is 16.3 Å². The zero-order valence-corrected chi connectivity index (χ0v) is 21.1. The van der Waals surface area contributed by atoms with E-state index >= 15 is 0 Å². The maximum Gasteiger partial charge on any atom is 0.243 e. The molecule has 0 heterocycles. The van der Waals surface area contributed by atoms with Crippen molar-refractivity contribution in [1.82, 2.24) is 10.2 Å². The van der Waals surface area contributed by atoms with Crippen molar-refractivity contribution < 1.29 is 14.3 Å². The molecule has 5 nitrogen and oxygen atoms in total. The molecule has 0 saturated carbocycles. The second-order valence-electron chi connectivity index (χ2n) is 8.52. The number of carbonyl (C=O) groups excluding carboxylic acids is 2. The van der Waals surface area contributed by atoms with Gasteiger partial charge in [-0.25, -0.2) is 0 Å². The molecule has 0 aromatic heterocycles. The third-order valence-electron chi connectivity index (χ3n) is 5.67. The molecule has 2 amide bonds. The summed E-state index contributed by atoms with van der Waals surface area (Å²) in [5.74, 6) is 0.496. The molecule has 0 unspecified atom stereocenters. The lowest BCUT2D eigenvalue weighted by Gasteiger charge is -2.31. The largest absolute Gasteiger partial charge is 0.494 e. The molecule has 184 valence electrons. The van der Waals surface area contributed by atoms with Gasteiger partial charge >= 0.3 is 0 Å². The van der Waals surface area contributed by atoms with Crippen LogP contribution < -0.4 is 10.1 Å². The first-order valence-electron chi connectivity index (χ1n) is 12.0. The highest BCUT2D eigenvalue weighted by Crippen LogP contribution is 2.18. The Morgan fingerprint density at radius 3 is 2.37 bits per heavy atom. The van der Waals surface area contributed by atoms with Gasteiger partial charge in [0.15, 0.2) is 0 Å². The van der Waals surface area contributed by atoms with E-state index in [1.807, 2.05) is 62.4 Å². The molecule has 35 heavy (non-hydrogen) atoms. The molecule has 6 heteroatoms. The molecule has 3 aromatic rings. The van der Waals surface area contributed by atoms with Crippen LogP contribution in [0.15, 0.2) is 78.9 Å². The number of aryl methyl sites for hydroxylation is 1. The van der Waals surface area contributed by atoms with Gasteiger partial charge in [0, 0.05) is 31.0 Å². The Morgan fingerprint density at radius 2 is 1.69 bits per heavy atom. The van der Waals surface area contributed by atoms with Crippen LogP contribution in [0.1, 0.15) is 36.5 Å². The quantitative estimate of drug-likeness (QED) is 0.335. The molecular formula is C29H33ClN2O3. The molecule has 0 aliphatic heterocycles. The van der Waals surface area contributed by atoms with E-state index in [-0.39, 0.29) is 18.2 Å². The van der Waals surface area contributed by atoms with Crippen molar-refractivity contribution in [2.24, 2.45) is 0 Å². The normalized spacial score (nSPS) is 11.5. The molecular weight excluding hydrogens is 460 g/mol. The number of carbonyl (C=O) groups is 2. The summed E-state index contributed by atoms with van der Waals surface area (Å²) in [6, 6.07) is 24.4. The van der Waals surface area contributed by atoms with Crippen molar-refractivity contribution in [3.05, 3.63) is 101 Å². The van der Waals surface area contributed by atoms with Crippen LogP contribution in [0.4, 0.5) is 0 Å². The van der Waals surface area contributed by atoms with Gasteiger partial charge in [-0.05, 0) is 55.7 Å². The fourth-order valence-corrected chi connectivity index (χ4v) is 4.07. The van der Waals surface area contributed by atoms with E-state index in [1.54, 1.807) is 29.2 Å². The van der Waals surface area contributed by atoms with Gasteiger partial charge in [-0.2, -0.15) is 0 Å². The van der Waals surface area contributed by atoms with Gasteiger partial charge in [-0.15, -0.1) is 0 Å². The minimum atomic E-state index is -0.609. The summed E-state index contributed by atoms with van der Waals surface area (Å²) >= 11 is 5.92. The molecule has 0 fully saturated rings. The van der Waals surface area contributed by atoms with Crippen LogP contribution in [-0.2, 0) is 22.6 Å². The number of likely N-dealkylation sites (N-methyl/N-ethyl adjacent to an activating group) is 1. The highest BCUT2D eigenvalue weighted by atomic mass is 35.5. The Bertz CT molecular complexity index is 1090. The van der Waals surface area contributed by atoms with Gasteiger partial charge in [0.1, 0.15) is 11.8 Å². The number of hydrogen-bond acceptors (Lipinski definition) is 3. The number of nitrogens with zero attached hydrogens (tertiary/aromatic N) is 1. The van der Waals surface area contributed by atoms with E-state index in [2.05, 4.69) is 11.4 Å². The first kappa shape index (κ1) is 26.3. The summed E-state index contributed by atoms with van der Waals surface area (Å²) in [6.45, 7) is 5.18. The maximum absolute atomic E-state index is 13.5. The van der Waals surface area contributed by atoms with Gasteiger partial charge in [-0.3, -0.25) is 9.59 Å². The Hall–Kier alpha value is -3.31. The summed E-state index contributed by atoms with van der Waals surface area (Å²) in [4.78, 5) is 28.4. The van der Waals surface area contributed by atoms with Gasteiger partial charge in [-0.1, -0.05) is 71.8 Å². The van der Waals surface area contributed by atoms with Crippen LogP contribution in [0.5, 0.6) is 5.75 Å². The van der Waals surface area contributed by atoms with Crippen molar-refractivity contribution in [1.29, 1.82) is 0 Å². The highest BCUT2D eigenvalue weighted by molar-refractivity contribution is 6.30. The van der Waals surface area contributed by atoms with Crippen LogP contribution >= 0.6 is 11.6 Å². The van der Waals surface area contributed by atoms with Crippen molar-refractivity contribution in [2.45, 2.75) is 45.7 Å². The van der Waals surface area contributed by atoms with E-state index in [0.29, 0.717) is 43.3 Å². The second-order valence-corrected chi connectivity index (χ2v) is 8.95. The summed E-state index contributed by atoms with van der Waals surface area (Å²) in [5, 5.41) is 3.57. The van der Waals surface area contributed by atoms with E-state index < -0.39 is 6.04 Å².